The Kier molecular flexibility index (Phi) is 7.20. The molecule has 0 aliphatic heterocycles. The minimum atomic E-state index is -0.295. The highest BCUT2D eigenvalue weighted by molar-refractivity contribution is 6.04. The predicted molar refractivity (Wildman–Crippen MR) is 79.8 cm³/mol. The zero-order valence-electron chi connectivity index (χ0n) is 12.5. The first kappa shape index (κ1) is 16.9. The molecular weight excluding hydrogens is 274 g/mol. The summed E-state index contributed by atoms with van der Waals surface area (Å²) in [6.45, 7) is 1.25. The number of nitrogens with one attached hydrogen (secondary N) is 3. The molecule has 2 amide bonds. The SMILES string of the molecule is CNC(=O)c1cc(OC)ccc1NC(=O)CNCCOC. The first-order valence-electron chi connectivity index (χ1n) is 6.52. The Morgan fingerprint density at radius 1 is 1.24 bits per heavy atom. The van der Waals surface area contributed by atoms with Crippen LogP contribution in [0.3, 0.4) is 0 Å². The Balaban J connectivity index is 2.73. The number of rotatable bonds is 8. The Bertz CT molecular complexity index is 491. The van der Waals surface area contributed by atoms with Crippen molar-refractivity contribution < 1.29 is 19.1 Å². The summed E-state index contributed by atoms with van der Waals surface area (Å²) >= 11 is 0. The van der Waals surface area contributed by atoms with E-state index in [4.69, 9.17) is 9.47 Å². The molecule has 1 rings (SSSR count). The third-order valence-corrected chi connectivity index (χ3v) is 2.74. The summed E-state index contributed by atoms with van der Waals surface area (Å²) in [4.78, 5) is 23.6. The number of methoxy groups -OCH3 is 2. The molecule has 0 saturated heterocycles. The van der Waals surface area contributed by atoms with Gasteiger partial charge in [0.25, 0.3) is 5.91 Å². The second-order valence-corrected chi connectivity index (χ2v) is 4.21. The van der Waals surface area contributed by atoms with E-state index in [0.717, 1.165) is 0 Å². The van der Waals surface area contributed by atoms with Gasteiger partial charge < -0.3 is 25.4 Å². The highest BCUT2D eigenvalue weighted by Gasteiger charge is 2.13. The lowest BCUT2D eigenvalue weighted by Crippen LogP contribution is -2.31. The molecule has 0 saturated carbocycles. The second-order valence-electron chi connectivity index (χ2n) is 4.21. The van der Waals surface area contributed by atoms with Crippen molar-refractivity contribution in [1.29, 1.82) is 0 Å². The van der Waals surface area contributed by atoms with E-state index in [9.17, 15) is 9.59 Å². The highest BCUT2D eigenvalue weighted by atomic mass is 16.5. The van der Waals surface area contributed by atoms with Gasteiger partial charge in [0, 0.05) is 20.7 Å². The van der Waals surface area contributed by atoms with Crippen LogP contribution in [0, 0.1) is 0 Å². The van der Waals surface area contributed by atoms with Crippen LogP contribution in [-0.4, -0.2) is 52.8 Å². The van der Waals surface area contributed by atoms with Crippen LogP contribution >= 0.6 is 0 Å². The minimum Gasteiger partial charge on any atom is -0.497 e. The molecule has 7 nitrogen and oxygen atoms in total. The number of hydrogen-bond donors (Lipinski definition) is 3. The minimum absolute atomic E-state index is 0.141. The third-order valence-electron chi connectivity index (χ3n) is 2.74. The molecule has 1 aromatic carbocycles. The van der Waals surface area contributed by atoms with Crippen LogP contribution in [-0.2, 0) is 9.53 Å². The fraction of sp³-hybridized carbons (Fsp3) is 0.429. The van der Waals surface area contributed by atoms with Gasteiger partial charge in [-0.15, -0.1) is 0 Å². The highest BCUT2D eigenvalue weighted by Crippen LogP contribution is 2.22. The summed E-state index contributed by atoms with van der Waals surface area (Å²) in [5.74, 6) is 0.0165. The van der Waals surface area contributed by atoms with Crippen LogP contribution in [0.15, 0.2) is 18.2 Å². The molecule has 0 heterocycles. The van der Waals surface area contributed by atoms with E-state index in [2.05, 4.69) is 16.0 Å². The average Bonchev–Trinajstić information content (AvgIpc) is 2.51. The van der Waals surface area contributed by atoms with Gasteiger partial charge in [-0.3, -0.25) is 9.59 Å². The number of hydrogen-bond acceptors (Lipinski definition) is 5. The molecule has 0 spiro atoms. The molecule has 1 aromatic rings. The molecule has 0 bridgehead atoms. The van der Waals surface area contributed by atoms with E-state index in [1.165, 1.54) is 14.2 Å². The third kappa shape index (κ3) is 5.41. The number of amides is 2. The van der Waals surface area contributed by atoms with Crippen molar-refractivity contribution in [2.45, 2.75) is 0 Å². The van der Waals surface area contributed by atoms with Gasteiger partial charge in [-0.25, -0.2) is 0 Å². The van der Waals surface area contributed by atoms with Gasteiger partial charge in [-0.2, -0.15) is 0 Å². The summed E-state index contributed by atoms with van der Waals surface area (Å²) in [5, 5.41) is 8.15. The van der Waals surface area contributed by atoms with E-state index in [0.29, 0.717) is 30.2 Å². The maximum Gasteiger partial charge on any atom is 0.253 e. The van der Waals surface area contributed by atoms with E-state index in [1.807, 2.05) is 0 Å². The molecule has 0 radical (unpaired) electrons. The number of anilines is 1. The molecular formula is C14H21N3O4. The molecule has 0 aromatic heterocycles. The van der Waals surface area contributed by atoms with Crippen LogP contribution in [0.5, 0.6) is 5.75 Å². The van der Waals surface area contributed by atoms with Crippen molar-refractivity contribution in [1.82, 2.24) is 10.6 Å². The molecule has 21 heavy (non-hydrogen) atoms. The van der Waals surface area contributed by atoms with Gasteiger partial charge in [-0.05, 0) is 18.2 Å². The van der Waals surface area contributed by atoms with Gasteiger partial charge in [0.1, 0.15) is 5.75 Å². The van der Waals surface area contributed by atoms with Crippen LogP contribution < -0.4 is 20.7 Å². The van der Waals surface area contributed by atoms with Crippen molar-refractivity contribution in [3.8, 4) is 5.75 Å². The summed E-state index contributed by atoms with van der Waals surface area (Å²) in [7, 11) is 4.63. The number of benzene rings is 1. The number of carbonyl (C=O) groups excluding carboxylic acids is 2. The van der Waals surface area contributed by atoms with E-state index < -0.39 is 0 Å². The first-order valence-corrected chi connectivity index (χ1v) is 6.52. The Hall–Kier alpha value is -2.12. The first-order chi connectivity index (χ1) is 10.1. The molecule has 0 unspecified atom stereocenters. The van der Waals surface area contributed by atoms with Crippen LogP contribution in [0.4, 0.5) is 5.69 Å². The van der Waals surface area contributed by atoms with Crippen molar-refractivity contribution in [2.24, 2.45) is 0 Å². The Labute approximate surface area is 124 Å². The lowest BCUT2D eigenvalue weighted by Gasteiger charge is -2.12. The molecule has 0 aliphatic carbocycles. The van der Waals surface area contributed by atoms with E-state index in [-0.39, 0.29) is 18.4 Å². The normalized spacial score (nSPS) is 10.0. The lowest BCUT2D eigenvalue weighted by atomic mass is 10.1. The van der Waals surface area contributed by atoms with Crippen molar-refractivity contribution in [2.75, 3.05) is 46.3 Å². The van der Waals surface area contributed by atoms with Crippen molar-refractivity contribution in [3.63, 3.8) is 0 Å². The van der Waals surface area contributed by atoms with E-state index in [1.54, 1.807) is 25.3 Å². The van der Waals surface area contributed by atoms with Crippen molar-refractivity contribution >= 4 is 17.5 Å². The standard InChI is InChI=1S/C14H21N3O4/c1-15-14(19)11-8-10(21-3)4-5-12(11)17-13(18)9-16-6-7-20-2/h4-5,8,16H,6-7,9H2,1-3H3,(H,15,19)(H,17,18). The number of ether oxygens (including phenoxy) is 2. The maximum atomic E-state index is 11.8. The molecule has 0 fully saturated rings. The number of carbonyl (C=O) groups is 2. The van der Waals surface area contributed by atoms with Crippen LogP contribution in [0.2, 0.25) is 0 Å². The van der Waals surface area contributed by atoms with Crippen LogP contribution in [0.1, 0.15) is 10.4 Å². The Morgan fingerprint density at radius 2 is 2.00 bits per heavy atom. The summed E-state index contributed by atoms with van der Waals surface area (Å²) < 4.78 is 9.95. The summed E-state index contributed by atoms with van der Waals surface area (Å²) in [6, 6.07) is 4.89. The van der Waals surface area contributed by atoms with Gasteiger partial charge in [0.2, 0.25) is 5.91 Å². The van der Waals surface area contributed by atoms with Gasteiger partial charge >= 0.3 is 0 Å². The van der Waals surface area contributed by atoms with Gasteiger partial charge in [0.15, 0.2) is 0 Å². The molecule has 0 atom stereocenters. The molecule has 116 valence electrons. The van der Waals surface area contributed by atoms with Crippen LogP contribution in [0.25, 0.3) is 0 Å². The smallest absolute Gasteiger partial charge is 0.253 e. The van der Waals surface area contributed by atoms with Crippen molar-refractivity contribution in [3.05, 3.63) is 23.8 Å². The fourth-order valence-electron chi connectivity index (χ4n) is 1.65. The molecule has 3 N–H and O–H groups in total. The topological polar surface area (TPSA) is 88.7 Å². The van der Waals surface area contributed by atoms with E-state index >= 15 is 0 Å². The van der Waals surface area contributed by atoms with Gasteiger partial charge in [-0.1, -0.05) is 0 Å². The predicted octanol–water partition coefficient (Wildman–Crippen LogP) is 0.229. The average molecular weight is 295 g/mol. The summed E-state index contributed by atoms with van der Waals surface area (Å²) in [6.07, 6.45) is 0. The zero-order chi connectivity index (χ0) is 15.7. The Morgan fingerprint density at radius 3 is 2.62 bits per heavy atom. The quantitative estimate of drug-likeness (QED) is 0.597. The second kappa shape index (κ2) is 8.93. The lowest BCUT2D eigenvalue weighted by molar-refractivity contribution is -0.115. The summed E-state index contributed by atoms with van der Waals surface area (Å²) in [5.41, 5.74) is 0.788. The fourth-order valence-corrected chi connectivity index (χ4v) is 1.65. The molecule has 7 heteroatoms. The zero-order valence-corrected chi connectivity index (χ0v) is 12.5. The van der Waals surface area contributed by atoms with Gasteiger partial charge in [0.05, 0.1) is 31.5 Å². The maximum absolute atomic E-state index is 11.8. The monoisotopic (exact) mass is 295 g/mol. The molecule has 0 aliphatic rings. The largest absolute Gasteiger partial charge is 0.497 e.